The molecule has 0 fully saturated rings. The summed E-state index contributed by atoms with van der Waals surface area (Å²) >= 11 is 0. The van der Waals surface area contributed by atoms with Crippen molar-refractivity contribution >= 4 is 11.9 Å². The molecule has 0 saturated heterocycles. The summed E-state index contributed by atoms with van der Waals surface area (Å²) in [7, 11) is 0. The minimum atomic E-state index is -1.30. The molecule has 0 aliphatic carbocycles. The molecule has 0 rings (SSSR count). The van der Waals surface area contributed by atoms with Crippen molar-refractivity contribution in [3.63, 3.8) is 0 Å². The van der Waals surface area contributed by atoms with E-state index in [4.69, 9.17) is 0 Å². The fraction of sp³-hybridized carbons (Fsp3) is 0. The van der Waals surface area contributed by atoms with E-state index in [1.54, 1.807) is 0 Å². The number of rotatable bonds is 4. The quantitative estimate of drug-likeness (QED) is 0.244. The van der Waals surface area contributed by atoms with E-state index in [1.807, 2.05) is 0 Å². The molecule has 0 aliphatic heterocycles. The van der Waals surface area contributed by atoms with Crippen LogP contribution in [0.2, 0.25) is 0 Å². The van der Waals surface area contributed by atoms with Crippen molar-refractivity contribution in [3.05, 3.63) is 36.5 Å². The van der Waals surface area contributed by atoms with Crippen molar-refractivity contribution in [2.75, 3.05) is 0 Å². The van der Waals surface area contributed by atoms with Gasteiger partial charge >= 0.3 is 37.7 Å². The summed E-state index contributed by atoms with van der Waals surface area (Å²) in [6.07, 6.45) is 6.79. The van der Waals surface area contributed by atoms with E-state index in [9.17, 15) is 19.8 Å². The summed E-state index contributed by atoms with van der Waals surface area (Å²) < 4.78 is 0. The van der Waals surface area contributed by atoms with Crippen LogP contribution in [0.1, 0.15) is 0 Å². The maximum absolute atomic E-state index is 9.79. The second-order valence-corrected chi connectivity index (χ2v) is 1.74. The Bertz CT molecular complexity index is 230. The molecule has 0 aromatic rings. The van der Waals surface area contributed by atoms with Crippen LogP contribution in [-0.4, -0.2) is 11.9 Å². The van der Waals surface area contributed by atoms with Crippen LogP contribution < -0.4 is 47.9 Å². The average Bonchev–Trinajstić information content (AvgIpc) is 1.95. The number of carboxylic acid groups (broad SMARTS) is 2. The molecule has 6 heteroatoms. The molecule has 64 valence electrons. The predicted molar refractivity (Wildman–Crippen MR) is 37.4 cm³/mol. The van der Waals surface area contributed by atoms with E-state index < -0.39 is 11.9 Å². The van der Waals surface area contributed by atoms with Gasteiger partial charge < -0.3 is 19.8 Å². The van der Waals surface area contributed by atoms with Crippen LogP contribution in [0.25, 0.3) is 0 Å². The summed E-state index contributed by atoms with van der Waals surface area (Å²) in [6, 6.07) is 0. The first-order valence-corrected chi connectivity index (χ1v) is 3.06. The van der Waals surface area contributed by atoms with E-state index in [0.717, 1.165) is 12.2 Å². The first-order valence-electron chi connectivity index (χ1n) is 3.06. The molecule has 0 aromatic carbocycles. The van der Waals surface area contributed by atoms with Crippen molar-refractivity contribution in [2.24, 2.45) is 0 Å². The number of carbonyl (C=O) groups is 2. The number of allylic oxidation sites excluding steroid dienone is 4. The predicted octanol–water partition coefficient (Wildman–Crippen LogP) is -7.84. The van der Waals surface area contributed by atoms with Crippen LogP contribution in [-0.2, 0) is 9.59 Å². The summed E-state index contributed by atoms with van der Waals surface area (Å²) in [5.74, 6) is -2.60. The van der Waals surface area contributed by atoms with Crippen molar-refractivity contribution in [1.29, 1.82) is 0 Å². The van der Waals surface area contributed by atoms with Gasteiger partial charge in [-0.05, 0) is 12.2 Å². The maximum Gasteiger partial charge on any atom is 1.00 e. The fourth-order valence-electron chi connectivity index (χ4n) is 0.397. The van der Waals surface area contributed by atoms with Gasteiger partial charge in [-0.3, -0.25) is 0 Å². The summed E-state index contributed by atoms with van der Waals surface area (Å²) in [6.45, 7) is 0. The first-order chi connectivity index (χ1) is 5.63. The van der Waals surface area contributed by atoms with Gasteiger partial charge in [0.1, 0.15) is 0 Å². The number of hydrogen-bond donors (Lipinski definition) is 0. The van der Waals surface area contributed by atoms with Gasteiger partial charge in [0.25, 0.3) is 0 Å². The Kier molecular flexibility index (Phi) is 16.8. The molecule has 0 radical (unpaired) electrons. The average molecular weight is 180 g/mol. The zero-order valence-corrected chi connectivity index (χ0v) is 8.10. The van der Waals surface area contributed by atoms with Gasteiger partial charge in [-0.15, -0.1) is 0 Å². The van der Waals surface area contributed by atoms with E-state index >= 15 is 0 Å². The molecule has 4 nitrogen and oxygen atoms in total. The minimum Gasteiger partial charge on any atom is -0.545 e. The van der Waals surface area contributed by atoms with Crippen LogP contribution in [0.5, 0.6) is 0 Å². The van der Waals surface area contributed by atoms with Crippen molar-refractivity contribution in [2.45, 2.75) is 0 Å². The van der Waals surface area contributed by atoms with Gasteiger partial charge in [-0.25, -0.2) is 0 Å². The van der Waals surface area contributed by atoms with Gasteiger partial charge in [0.05, 0.1) is 11.9 Å². The number of hydrogen-bond acceptors (Lipinski definition) is 4. The number of carboxylic acids is 2. The smallest absolute Gasteiger partial charge is 0.545 e. The Balaban J connectivity index is -0.000000605. The van der Waals surface area contributed by atoms with Gasteiger partial charge in [-0.1, -0.05) is 24.3 Å². The molecule has 0 saturated carbocycles. The minimum absolute atomic E-state index is 0. The number of aliphatic carboxylic acids is 2. The molecular weight excluding hydrogens is 174 g/mol. The molecule has 0 unspecified atom stereocenters. The van der Waals surface area contributed by atoms with Gasteiger partial charge in [0, 0.05) is 0 Å². The van der Waals surface area contributed by atoms with Gasteiger partial charge in [0.2, 0.25) is 0 Å². The molecular formula is C8H6Li2O4. The molecule has 0 aromatic heterocycles. The molecule has 0 atom stereocenters. The molecule has 0 bridgehead atoms. The Labute approximate surface area is 106 Å². The molecule has 0 aliphatic rings. The van der Waals surface area contributed by atoms with E-state index in [2.05, 4.69) is 0 Å². The topological polar surface area (TPSA) is 80.3 Å². The van der Waals surface area contributed by atoms with Crippen LogP contribution in [0, 0.1) is 0 Å². The normalized spacial score (nSPS) is 10.0. The van der Waals surface area contributed by atoms with Crippen molar-refractivity contribution < 1.29 is 57.5 Å². The fourth-order valence-corrected chi connectivity index (χ4v) is 0.397. The third kappa shape index (κ3) is 17.4. The van der Waals surface area contributed by atoms with E-state index in [1.165, 1.54) is 24.3 Å². The Hall–Kier alpha value is -0.645. The molecule has 0 amide bonds. The second-order valence-electron chi connectivity index (χ2n) is 1.74. The van der Waals surface area contributed by atoms with E-state index in [-0.39, 0.29) is 37.7 Å². The standard InChI is InChI=1S/C8H8O4.2Li/c9-7(10)5-3-1-2-4-6-8(11)12;;/h1-6H,(H,9,10)(H,11,12);;/q;2*+1/p-2/b2-1+,5-3+,6-4+;;. The molecule has 0 spiro atoms. The SMILES string of the molecule is O=C([O-])/C=C/C=C/C=C/C(=O)[O-].[Li+].[Li+]. The zero-order chi connectivity index (χ0) is 9.40. The Morgan fingerprint density at radius 3 is 1.21 bits per heavy atom. The van der Waals surface area contributed by atoms with Crippen LogP contribution in [0.3, 0.4) is 0 Å². The van der Waals surface area contributed by atoms with E-state index in [0.29, 0.717) is 0 Å². The van der Waals surface area contributed by atoms with Crippen LogP contribution >= 0.6 is 0 Å². The molecule has 14 heavy (non-hydrogen) atoms. The maximum atomic E-state index is 9.79. The molecule has 0 N–H and O–H groups in total. The number of carbonyl (C=O) groups excluding carboxylic acids is 2. The second kappa shape index (κ2) is 12.4. The monoisotopic (exact) mass is 180 g/mol. The molecule has 0 heterocycles. The third-order valence-corrected chi connectivity index (χ3v) is 0.798. The van der Waals surface area contributed by atoms with Crippen LogP contribution in [0.15, 0.2) is 36.5 Å². The Morgan fingerprint density at radius 2 is 1.00 bits per heavy atom. The van der Waals surface area contributed by atoms with Gasteiger partial charge in [-0.2, -0.15) is 0 Å². The summed E-state index contributed by atoms with van der Waals surface area (Å²) in [4.78, 5) is 19.6. The van der Waals surface area contributed by atoms with Crippen molar-refractivity contribution in [3.8, 4) is 0 Å². The zero-order valence-electron chi connectivity index (χ0n) is 8.10. The van der Waals surface area contributed by atoms with Crippen molar-refractivity contribution in [1.82, 2.24) is 0 Å². The largest absolute Gasteiger partial charge is 1.00 e. The summed E-state index contributed by atoms with van der Waals surface area (Å²) in [5.41, 5.74) is 0. The third-order valence-electron chi connectivity index (χ3n) is 0.798. The first kappa shape index (κ1) is 19.0. The van der Waals surface area contributed by atoms with Gasteiger partial charge in [0.15, 0.2) is 0 Å². The Morgan fingerprint density at radius 1 is 0.714 bits per heavy atom. The van der Waals surface area contributed by atoms with Crippen LogP contribution in [0.4, 0.5) is 0 Å². The summed E-state index contributed by atoms with van der Waals surface area (Å²) in [5, 5.41) is 19.6.